The average molecular weight is 408 g/mol. The first-order valence-electron chi connectivity index (χ1n) is 10.3. The van der Waals surface area contributed by atoms with Crippen LogP contribution < -0.4 is 21.5 Å². The van der Waals surface area contributed by atoms with Crippen molar-refractivity contribution in [2.75, 3.05) is 5.32 Å². The Morgan fingerprint density at radius 2 is 1.90 bits per heavy atom. The van der Waals surface area contributed by atoms with Crippen molar-refractivity contribution >= 4 is 11.7 Å². The quantitative estimate of drug-likeness (QED) is 0.653. The van der Waals surface area contributed by atoms with Crippen LogP contribution in [0.25, 0.3) is 0 Å². The molecule has 0 saturated carbocycles. The lowest BCUT2D eigenvalue weighted by Crippen LogP contribution is -2.35. The summed E-state index contributed by atoms with van der Waals surface area (Å²) in [5, 5.41) is 3.07. The van der Waals surface area contributed by atoms with Crippen molar-refractivity contribution in [2.24, 2.45) is 17.4 Å². The molecule has 0 spiro atoms. The second-order valence-corrected chi connectivity index (χ2v) is 8.86. The summed E-state index contributed by atoms with van der Waals surface area (Å²) in [6, 6.07) is 13.0. The zero-order valence-electron chi connectivity index (χ0n) is 17.7. The molecule has 5 N–H and O–H groups in total. The Morgan fingerprint density at radius 1 is 1.23 bits per heavy atom. The number of ether oxygens (including phenoxy) is 2. The fraction of sp³-hybridized carbons (Fsp3) is 0.375. The van der Waals surface area contributed by atoms with Crippen LogP contribution in [-0.4, -0.2) is 11.6 Å². The van der Waals surface area contributed by atoms with Gasteiger partial charge in [-0.15, -0.1) is 0 Å². The fourth-order valence-electron chi connectivity index (χ4n) is 4.38. The van der Waals surface area contributed by atoms with Gasteiger partial charge in [0.15, 0.2) is 5.75 Å². The van der Waals surface area contributed by atoms with Crippen LogP contribution in [0.4, 0.5) is 5.69 Å². The molecule has 1 unspecified atom stereocenters. The fourth-order valence-corrected chi connectivity index (χ4v) is 4.38. The van der Waals surface area contributed by atoms with Gasteiger partial charge in [0.25, 0.3) is 0 Å². The first kappa shape index (κ1) is 20.3. The Labute approximate surface area is 177 Å². The van der Waals surface area contributed by atoms with Crippen molar-refractivity contribution in [1.29, 1.82) is 0 Å². The molecule has 0 amide bonds. The van der Waals surface area contributed by atoms with Gasteiger partial charge in [0.2, 0.25) is 0 Å². The number of allylic oxidation sites excluding steroid dienone is 1. The third-order valence-corrected chi connectivity index (χ3v) is 5.82. The van der Waals surface area contributed by atoms with Gasteiger partial charge in [-0.2, -0.15) is 0 Å². The molecule has 1 heterocycles. The molecule has 2 aromatic carbocycles. The Balaban J connectivity index is 1.39. The number of anilines is 1. The Hall–Kier alpha value is -2.99. The van der Waals surface area contributed by atoms with E-state index in [2.05, 4.69) is 29.6 Å². The third kappa shape index (κ3) is 4.14. The minimum atomic E-state index is -0.884. The number of hydrogen-bond acceptors (Lipinski definition) is 6. The summed E-state index contributed by atoms with van der Waals surface area (Å²) in [5.74, 6) is 1.72. The number of rotatable bonds is 5. The van der Waals surface area contributed by atoms with Gasteiger partial charge in [-0.05, 0) is 74.8 Å². The molecule has 6 heteroatoms. The normalized spacial score (nSPS) is 16.9. The third-order valence-electron chi connectivity index (χ3n) is 5.82. The highest BCUT2D eigenvalue weighted by Gasteiger charge is 2.33. The van der Waals surface area contributed by atoms with E-state index in [1.807, 2.05) is 13.8 Å². The monoisotopic (exact) mass is 407 g/mol. The molecule has 4 rings (SSSR count). The van der Waals surface area contributed by atoms with Crippen molar-refractivity contribution in [1.82, 2.24) is 0 Å². The van der Waals surface area contributed by atoms with Crippen LogP contribution in [0, 0.1) is 5.92 Å². The van der Waals surface area contributed by atoms with E-state index in [1.54, 1.807) is 25.1 Å². The molecule has 0 fully saturated rings. The van der Waals surface area contributed by atoms with Gasteiger partial charge in [-0.1, -0.05) is 30.3 Å². The summed E-state index contributed by atoms with van der Waals surface area (Å²) in [7, 11) is 0. The Kier molecular flexibility index (Phi) is 5.20. The van der Waals surface area contributed by atoms with Gasteiger partial charge in [0.05, 0.1) is 5.69 Å². The van der Waals surface area contributed by atoms with Crippen LogP contribution >= 0.6 is 0 Å². The van der Waals surface area contributed by atoms with E-state index in [9.17, 15) is 4.79 Å². The summed E-state index contributed by atoms with van der Waals surface area (Å²) >= 11 is 0. The minimum Gasteiger partial charge on any atom is -0.458 e. The smallest absolute Gasteiger partial charge is 0.328 e. The first-order chi connectivity index (χ1) is 14.2. The lowest BCUT2D eigenvalue weighted by Gasteiger charge is -2.29. The molecule has 0 aromatic heterocycles. The van der Waals surface area contributed by atoms with Crippen LogP contribution in [-0.2, 0) is 22.4 Å². The summed E-state index contributed by atoms with van der Waals surface area (Å²) < 4.78 is 11.5. The van der Waals surface area contributed by atoms with Crippen LogP contribution in [0.5, 0.6) is 5.75 Å². The molecule has 1 aliphatic heterocycles. The summed E-state index contributed by atoms with van der Waals surface area (Å²) in [5.41, 5.74) is 15.6. The lowest BCUT2D eigenvalue weighted by atomic mass is 9.91. The summed E-state index contributed by atoms with van der Waals surface area (Å²) in [4.78, 5) is 12.8. The number of esters is 1. The largest absolute Gasteiger partial charge is 0.458 e. The van der Waals surface area contributed by atoms with E-state index in [0.717, 1.165) is 19.3 Å². The number of hydrogen-bond donors (Lipinski definition) is 3. The molecule has 0 bridgehead atoms. The van der Waals surface area contributed by atoms with Gasteiger partial charge in [-0.25, -0.2) is 4.79 Å². The highest BCUT2D eigenvalue weighted by atomic mass is 16.6. The van der Waals surface area contributed by atoms with E-state index in [1.165, 1.54) is 11.1 Å². The zero-order chi connectivity index (χ0) is 21.5. The second kappa shape index (κ2) is 7.69. The van der Waals surface area contributed by atoms with Crippen LogP contribution in [0.3, 0.4) is 0 Å². The standard InChI is InChI=1S/C24H29N3O3/c1-14-22(26)27-19-12-18(8-9-20(19)29-14)21(25)23(28)30-24(2,3)13-15-10-16-6-4-5-7-17(16)11-15/h4-9,12,15,21,27H,10-11,13,25-26H2,1-3H3. The summed E-state index contributed by atoms with van der Waals surface area (Å²) in [6.07, 6.45) is 2.84. The maximum absolute atomic E-state index is 12.8. The molecule has 1 atom stereocenters. The number of fused-ring (bicyclic) bond motifs is 2. The zero-order valence-corrected chi connectivity index (χ0v) is 17.7. The molecule has 6 nitrogen and oxygen atoms in total. The number of benzene rings is 2. The molecule has 2 aromatic rings. The molecular weight excluding hydrogens is 378 g/mol. The first-order valence-corrected chi connectivity index (χ1v) is 10.3. The van der Waals surface area contributed by atoms with Crippen molar-refractivity contribution in [3.05, 3.63) is 70.7 Å². The van der Waals surface area contributed by atoms with Gasteiger partial charge in [-0.3, -0.25) is 0 Å². The molecule has 1 aliphatic carbocycles. The maximum atomic E-state index is 12.8. The highest BCUT2D eigenvalue weighted by Crippen LogP contribution is 2.35. The van der Waals surface area contributed by atoms with Gasteiger partial charge in [0, 0.05) is 0 Å². The predicted octanol–water partition coefficient (Wildman–Crippen LogP) is 3.77. The molecule has 0 saturated heterocycles. The number of nitrogens with two attached hydrogens (primary N) is 2. The molecule has 158 valence electrons. The van der Waals surface area contributed by atoms with E-state index >= 15 is 0 Å². The average Bonchev–Trinajstić information content (AvgIpc) is 3.08. The van der Waals surface area contributed by atoms with Crippen molar-refractivity contribution in [3.63, 3.8) is 0 Å². The number of carbonyl (C=O) groups excluding carboxylic acids is 1. The Bertz CT molecular complexity index is 988. The summed E-state index contributed by atoms with van der Waals surface area (Å²) in [6.45, 7) is 5.70. The number of carbonyl (C=O) groups is 1. The Morgan fingerprint density at radius 3 is 2.57 bits per heavy atom. The molecular formula is C24H29N3O3. The van der Waals surface area contributed by atoms with Crippen LogP contribution in [0.15, 0.2) is 54.0 Å². The topological polar surface area (TPSA) is 99.6 Å². The van der Waals surface area contributed by atoms with E-state index in [4.69, 9.17) is 20.9 Å². The second-order valence-electron chi connectivity index (χ2n) is 8.86. The molecule has 0 radical (unpaired) electrons. The predicted molar refractivity (Wildman–Crippen MR) is 117 cm³/mol. The van der Waals surface area contributed by atoms with Gasteiger partial charge in [0.1, 0.15) is 23.2 Å². The van der Waals surface area contributed by atoms with E-state index in [0.29, 0.717) is 34.5 Å². The van der Waals surface area contributed by atoms with E-state index < -0.39 is 17.6 Å². The van der Waals surface area contributed by atoms with Crippen molar-refractivity contribution < 1.29 is 14.3 Å². The SMILES string of the molecule is CC1=C(N)Nc2cc(C(N)C(=O)OC(C)(C)CC3Cc4ccccc4C3)ccc2O1. The maximum Gasteiger partial charge on any atom is 0.328 e. The van der Waals surface area contributed by atoms with Crippen LogP contribution in [0.1, 0.15) is 49.9 Å². The van der Waals surface area contributed by atoms with E-state index in [-0.39, 0.29) is 0 Å². The highest BCUT2D eigenvalue weighted by molar-refractivity contribution is 5.79. The number of nitrogens with one attached hydrogen (secondary N) is 1. The van der Waals surface area contributed by atoms with Crippen LogP contribution in [0.2, 0.25) is 0 Å². The van der Waals surface area contributed by atoms with Crippen molar-refractivity contribution in [3.8, 4) is 5.75 Å². The van der Waals surface area contributed by atoms with Gasteiger partial charge >= 0.3 is 5.97 Å². The van der Waals surface area contributed by atoms with Gasteiger partial charge < -0.3 is 26.3 Å². The molecule has 30 heavy (non-hydrogen) atoms. The lowest BCUT2D eigenvalue weighted by molar-refractivity contribution is -0.159. The van der Waals surface area contributed by atoms with Crippen molar-refractivity contribution in [2.45, 2.75) is 51.7 Å². The minimum absolute atomic E-state index is 0.438. The molecule has 2 aliphatic rings.